The van der Waals surface area contributed by atoms with E-state index in [0.29, 0.717) is 5.69 Å². The Labute approximate surface area is 96.8 Å². The zero-order valence-electron chi connectivity index (χ0n) is 10.5. The molecular weight excluding hydrogens is 204 g/mol. The lowest BCUT2D eigenvalue weighted by Crippen LogP contribution is -2.13. The van der Waals surface area contributed by atoms with Gasteiger partial charge >= 0.3 is 6.09 Å². The fourth-order valence-electron chi connectivity index (χ4n) is 1.35. The number of hydrogen-bond donors (Lipinski definition) is 2. The van der Waals surface area contributed by atoms with Crippen molar-refractivity contribution in [1.29, 1.82) is 0 Å². The lowest BCUT2D eigenvalue weighted by Gasteiger charge is -2.11. The topological polar surface area (TPSA) is 64.3 Å². The first-order chi connectivity index (χ1) is 7.54. The summed E-state index contributed by atoms with van der Waals surface area (Å²) in [6.07, 6.45) is -0.471. The van der Waals surface area contributed by atoms with Crippen molar-refractivity contribution >= 4 is 17.5 Å². The second-order valence-electron chi connectivity index (χ2n) is 3.15. The van der Waals surface area contributed by atoms with Crippen molar-refractivity contribution in [2.45, 2.75) is 27.7 Å². The summed E-state index contributed by atoms with van der Waals surface area (Å²) in [5.41, 5.74) is 8.94. The normalized spacial score (nSPS) is 8.81. The molecule has 1 rings (SSSR count). The molecule has 16 heavy (non-hydrogen) atoms. The molecule has 0 aliphatic rings. The van der Waals surface area contributed by atoms with E-state index in [4.69, 9.17) is 5.73 Å². The van der Waals surface area contributed by atoms with E-state index in [1.54, 1.807) is 12.1 Å². The van der Waals surface area contributed by atoms with Crippen LogP contribution < -0.4 is 11.1 Å². The molecule has 0 aliphatic carbocycles. The van der Waals surface area contributed by atoms with Gasteiger partial charge in [0.05, 0.1) is 7.11 Å². The summed E-state index contributed by atoms with van der Waals surface area (Å²) in [7, 11) is 1.33. The molecule has 1 aromatic carbocycles. The number of hydrogen-bond acceptors (Lipinski definition) is 3. The van der Waals surface area contributed by atoms with Crippen molar-refractivity contribution in [3.05, 3.63) is 23.3 Å². The van der Waals surface area contributed by atoms with Gasteiger partial charge in [-0.3, -0.25) is 5.32 Å². The van der Waals surface area contributed by atoms with Crippen molar-refractivity contribution in [2.24, 2.45) is 0 Å². The molecular formula is C12H20N2O2. The van der Waals surface area contributed by atoms with E-state index in [2.05, 4.69) is 10.1 Å². The average molecular weight is 224 g/mol. The summed E-state index contributed by atoms with van der Waals surface area (Å²) in [5.74, 6) is 0. The first-order valence-corrected chi connectivity index (χ1v) is 5.26. The number of amides is 1. The molecule has 90 valence electrons. The summed E-state index contributed by atoms with van der Waals surface area (Å²) >= 11 is 0. The lowest BCUT2D eigenvalue weighted by molar-refractivity contribution is 0.187. The molecule has 0 aromatic heterocycles. The summed E-state index contributed by atoms with van der Waals surface area (Å²) in [6, 6.07) is 3.61. The van der Waals surface area contributed by atoms with Crippen LogP contribution in [0.4, 0.5) is 16.2 Å². The molecule has 1 aromatic rings. The molecule has 0 bridgehead atoms. The van der Waals surface area contributed by atoms with E-state index in [9.17, 15) is 4.79 Å². The zero-order valence-corrected chi connectivity index (χ0v) is 10.5. The van der Waals surface area contributed by atoms with Crippen molar-refractivity contribution in [3.63, 3.8) is 0 Å². The van der Waals surface area contributed by atoms with Gasteiger partial charge in [0.15, 0.2) is 0 Å². The van der Waals surface area contributed by atoms with Crippen molar-refractivity contribution in [2.75, 3.05) is 18.2 Å². The van der Waals surface area contributed by atoms with Gasteiger partial charge in [0, 0.05) is 11.4 Å². The maximum absolute atomic E-state index is 11.0. The summed E-state index contributed by atoms with van der Waals surface area (Å²) in [5, 5.41) is 2.64. The minimum atomic E-state index is -0.471. The Morgan fingerprint density at radius 2 is 1.69 bits per heavy atom. The third-order valence-electron chi connectivity index (χ3n) is 1.97. The summed E-state index contributed by atoms with van der Waals surface area (Å²) in [6.45, 7) is 7.77. The second kappa shape index (κ2) is 6.71. The van der Waals surface area contributed by atoms with E-state index in [0.717, 1.165) is 16.8 Å². The number of nitrogens with two attached hydrogens (primary N) is 1. The average Bonchev–Trinajstić information content (AvgIpc) is 2.25. The van der Waals surface area contributed by atoms with E-state index in [1.165, 1.54) is 7.11 Å². The minimum absolute atomic E-state index is 0.471. The molecule has 3 N–H and O–H groups in total. The van der Waals surface area contributed by atoms with Gasteiger partial charge in [-0.1, -0.05) is 13.8 Å². The lowest BCUT2D eigenvalue weighted by atomic mass is 10.1. The van der Waals surface area contributed by atoms with Gasteiger partial charge in [-0.2, -0.15) is 0 Å². The maximum Gasteiger partial charge on any atom is 0.411 e. The van der Waals surface area contributed by atoms with Gasteiger partial charge in [0.25, 0.3) is 0 Å². The fraction of sp³-hybridized carbons (Fsp3) is 0.417. The molecule has 0 saturated carbocycles. The number of aryl methyl sites for hydroxylation is 2. The number of anilines is 2. The number of carbonyl (C=O) groups is 1. The van der Waals surface area contributed by atoms with Crippen LogP contribution in [-0.2, 0) is 4.74 Å². The molecule has 0 fully saturated rings. The third-order valence-corrected chi connectivity index (χ3v) is 1.97. The highest BCUT2D eigenvalue weighted by molar-refractivity contribution is 5.87. The Bertz CT molecular complexity index is 339. The monoisotopic (exact) mass is 224 g/mol. The molecule has 0 spiro atoms. The summed E-state index contributed by atoms with van der Waals surface area (Å²) in [4.78, 5) is 11.0. The number of rotatable bonds is 1. The van der Waals surface area contributed by atoms with Gasteiger partial charge in [-0.05, 0) is 37.1 Å². The number of ether oxygens (including phenoxy) is 1. The molecule has 0 saturated heterocycles. The highest BCUT2D eigenvalue weighted by Gasteiger charge is 2.07. The molecule has 0 heterocycles. The van der Waals surface area contributed by atoms with Gasteiger partial charge in [-0.15, -0.1) is 0 Å². The standard InChI is InChI=1S/C10H14N2O2.C2H6/c1-6-4-8(11)5-7(2)9(6)12-10(13)14-3;1-2/h4-5H,11H2,1-3H3,(H,12,13);1-2H3. The number of nitrogen functional groups attached to an aromatic ring is 1. The van der Waals surface area contributed by atoms with Gasteiger partial charge in [0.1, 0.15) is 0 Å². The third kappa shape index (κ3) is 3.81. The first-order valence-electron chi connectivity index (χ1n) is 5.26. The van der Waals surface area contributed by atoms with Gasteiger partial charge < -0.3 is 10.5 Å². The van der Waals surface area contributed by atoms with Crippen LogP contribution in [0.3, 0.4) is 0 Å². The van der Waals surface area contributed by atoms with Gasteiger partial charge in [-0.25, -0.2) is 4.79 Å². The molecule has 4 heteroatoms. The zero-order chi connectivity index (χ0) is 12.7. The van der Waals surface area contributed by atoms with Crippen LogP contribution in [-0.4, -0.2) is 13.2 Å². The second-order valence-corrected chi connectivity index (χ2v) is 3.15. The fourth-order valence-corrected chi connectivity index (χ4v) is 1.35. The SMILES string of the molecule is CC.COC(=O)Nc1c(C)cc(N)cc1C. The van der Waals surface area contributed by atoms with E-state index < -0.39 is 6.09 Å². The Morgan fingerprint density at radius 3 is 2.06 bits per heavy atom. The smallest absolute Gasteiger partial charge is 0.411 e. The molecule has 0 radical (unpaired) electrons. The van der Waals surface area contributed by atoms with Crippen molar-refractivity contribution in [1.82, 2.24) is 0 Å². The molecule has 0 aliphatic heterocycles. The predicted molar refractivity (Wildman–Crippen MR) is 67.7 cm³/mol. The molecule has 0 atom stereocenters. The number of carbonyl (C=O) groups excluding carboxylic acids is 1. The Balaban J connectivity index is 0.00000106. The molecule has 4 nitrogen and oxygen atoms in total. The van der Waals surface area contributed by atoms with Crippen LogP contribution in [0.15, 0.2) is 12.1 Å². The van der Waals surface area contributed by atoms with Crippen LogP contribution in [0.5, 0.6) is 0 Å². The highest BCUT2D eigenvalue weighted by Crippen LogP contribution is 2.23. The Kier molecular flexibility index (Phi) is 6.00. The van der Waals surface area contributed by atoms with E-state index in [1.807, 2.05) is 27.7 Å². The quantitative estimate of drug-likeness (QED) is 0.720. The largest absolute Gasteiger partial charge is 0.453 e. The highest BCUT2D eigenvalue weighted by atomic mass is 16.5. The van der Waals surface area contributed by atoms with Crippen LogP contribution in [0.1, 0.15) is 25.0 Å². The summed E-state index contributed by atoms with van der Waals surface area (Å²) < 4.78 is 4.51. The maximum atomic E-state index is 11.0. The van der Waals surface area contributed by atoms with Crippen LogP contribution in [0, 0.1) is 13.8 Å². The molecule has 1 amide bonds. The minimum Gasteiger partial charge on any atom is -0.453 e. The number of methoxy groups -OCH3 is 1. The van der Waals surface area contributed by atoms with Crippen LogP contribution in [0.25, 0.3) is 0 Å². The van der Waals surface area contributed by atoms with Crippen LogP contribution in [0.2, 0.25) is 0 Å². The Morgan fingerprint density at radius 1 is 1.25 bits per heavy atom. The first kappa shape index (κ1) is 14.3. The molecule has 0 unspecified atom stereocenters. The van der Waals surface area contributed by atoms with Crippen LogP contribution >= 0.6 is 0 Å². The Hall–Kier alpha value is -1.71. The number of benzene rings is 1. The van der Waals surface area contributed by atoms with E-state index in [-0.39, 0.29) is 0 Å². The van der Waals surface area contributed by atoms with Crippen molar-refractivity contribution < 1.29 is 9.53 Å². The number of nitrogens with one attached hydrogen (secondary N) is 1. The van der Waals surface area contributed by atoms with E-state index >= 15 is 0 Å². The predicted octanol–water partition coefficient (Wildman–Crippen LogP) is 3.09. The van der Waals surface area contributed by atoms with Gasteiger partial charge in [0.2, 0.25) is 0 Å². The van der Waals surface area contributed by atoms with Crippen molar-refractivity contribution in [3.8, 4) is 0 Å².